The highest BCUT2D eigenvalue weighted by Crippen LogP contribution is 2.45. The van der Waals surface area contributed by atoms with Gasteiger partial charge in [-0.1, -0.05) is 34.5 Å². The van der Waals surface area contributed by atoms with E-state index in [1.54, 1.807) is 11.8 Å². The lowest BCUT2D eigenvalue weighted by molar-refractivity contribution is -0.132. The molecule has 0 radical (unpaired) electrons. The van der Waals surface area contributed by atoms with E-state index in [1.165, 1.54) is 35.8 Å². The monoisotopic (exact) mass is 373 g/mol. The van der Waals surface area contributed by atoms with Gasteiger partial charge in [0.1, 0.15) is 7.11 Å². The number of allylic oxidation sites excluding steroid dienone is 2. The normalized spacial score (nSPS) is 16.0. The fourth-order valence-corrected chi connectivity index (χ4v) is 4.30. The first-order valence-corrected chi connectivity index (χ1v) is 9.43. The van der Waals surface area contributed by atoms with Gasteiger partial charge in [-0.05, 0) is 63.8 Å². The zero-order valence-electron chi connectivity index (χ0n) is 16.4. The fraction of sp³-hybridized carbons (Fsp3) is 0.429. The zero-order chi connectivity index (χ0) is 19.3. The van der Waals surface area contributed by atoms with E-state index in [1.807, 2.05) is 18.2 Å². The highest BCUT2D eigenvalue weighted by molar-refractivity contribution is 8.00. The van der Waals surface area contributed by atoms with Gasteiger partial charge in [0.05, 0.1) is 7.11 Å². The van der Waals surface area contributed by atoms with Crippen LogP contribution in [0.3, 0.4) is 0 Å². The first-order valence-electron chi connectivity index (χ1n) is 8.61. The minimum Gasteiger partial charge on any atom is -0.464 e. The number of nitrogens with zero attached hydrogens (tertiary/aromatic N) is 1. The second kappa shape index (κ2) is 8.58. The SMILES string of the molecule is CO/N=C(/C(=O)OC)C1=C(C(C)(C)Sc2ccccc2)CC(C)=C(C)C1. The van der Waals surface area contributed by atoms with Gasteiger partial charge in [0.2, 0.25) is 0 Å². The molecule has 1 aliphatic carbocycles. The van der Waals surface area contributed by atoms with Crippen LogP contribution in [0.1, 0.15) is 40.5 Å². The second-order valence-corrected chi connectivity index (χ2v) is 8.61. The molecule has 1 aromatic rings. The van der Waals surface area contributed by atoms with Gasteiger partial charge in [-0.3, -0.25) is 0 Å². The molecule has 0 aliphatic heterocycles. The minimum absolute atomic E-state index is 0.207. The van der Waals surface area contributed by atoms with Crippen LogP contribution in [0.4, 0.5) is 0 Å². The standard InChI is InChI=1S/C21H27NO3S/c1-14-12-17(19(22-25-6)20(23)24-5)18(13-15(14)2)21(3,4)26-16-10-8-7-9-11-16/h7-11H,12-13H2,1-6H3/b22-19+. The van der Waals surface area contributed by atoms with Crippen molar-refractivity contribution in [3.05, 3.63) is 52.6 Å². The summed E-state index contributed by atoms with van der Waals surface area (Å²) in [5.41, 5.74) is 4.97. The Morgan fingerprint density at radius 3 is 2.27 bits per heavy atom. The number of esters is 1. The number of benzene rings is 1. The third-order valence-corrected chi connectivity index (χ3v) is 5.93. The third kappa shape index (κ3) is 4.58. The van der Waals surface area contributed by atoms with Crippen molar-refractivity contribution in [1.29, 1.82) is 0 Å². The van der Waals surface area contributed by atoms with Crippen LogP contribution in [-0.4, -0.2) is 30.6 Å². The van der Waals surface area contributed by atoms with E-state index in [4.69, 9.17) is 9.57 Å². The van der Waals surface area contributed by atoms with Crippen LogP contribution in [0.2, 0.25) is 0 Å². The van der Waals surface area contributed by atoms with Crippen LogP contribution in [0.5, 0.6) is 0 Å². The average molecular weight is 374 g/mol. The molecule has 1 aliphatic rings. The van der Waals surface area contributed by atoms with Crippen molar-refractivity contribution in [2.75, 3.05) is 14.2 Å². The maximum Gasteiger partial charge on any atom is 0.360 e. The largest absolute Gasteiger partial charge is 0.464 e. The first kappa shape index (κ1) is 20.3. The number of methoxy groups -OCH3 is 1. The Bertz CT molecular complexity index is 761. The Kier molecular flexibility index (Phi) is 6.70. The van der Waals surface area contributed by atoms with E-state index in [0.29, 0.717) is 6.42 Å². The molecule has 0 spiro atoms. The van der Waals surface area contributed by atoms with Crippen LogP contribution < -0.4 is 0 Å². The number of oxime groups is 1. The Hall–Kier alpha value is -2.01. The van der Waals surface area contributed by atoms with Gasteiger partial charge in [-0.15, -0.1) is 11.8 Å². The Morgan fingerprint density at radius 2 is 1.69 bits per heavy atom. The van der Waals surface area contributed by atoms with E-state index >= 15 is 0 Å². The van der Waals surface area contributed by atoms with E-state index in [-0.39, 0.29) is 10.5 Å². The van der Waals surface area contributed by atoms with Crippen LogP contribution >= 0.6 is 11.8 Å². The molecule has 0 saturated carbocycles. The molecule has 0 fully saturated rings. The molecule has 0 N–H and O–H groups in total. The summed E-state index contributed by atoms with van der Waals surface area (Å²) in [4.78, 5) is 18.5. The number of hydrogen-bond donors (Lipinski definition) is 0. The van der Waals surface area contributed by atoms with E-state index < -0.39 is 5.97 Å². The molecule has 26 heavy (non-hydrogen) atoms. The third-order valence-electron chi connectivity index (χ3n) is 4.67. The zero-order valence-corrected chi connectivity index (χ0v) is 17.2. The van der Waals surface area contributed by atoms with Gasteiger partial charge < -0.3 is 9.57 Å². The Morgan fingerprint density at radius 1 is 1.08 bits per heavy atom. The van der Waals surface area contributed by atoms with Crippen molar-refractivity contribution in [1.82, 2.24) is 0 Å². The summed E-state index contributed by atoms with van der Waals surface area (Å²) in [5, 5.41) is 4.00. The van der Waals surface area contributed by atoms with Gasteiger partial charge in [0, 0.05) is 9.64 Å². The molecule has 0 aromatic heterocycles. The number of carbonyl (C=O) groups is 1. The summed E-state index contributed by atoms with van der Waals surface area (Å²) in [6.45, 7) is 8.64. The lowest BCUT2D eigenvalue weighted by atomic mass is 9.80. The lowest BCUT2D eigenvalue weighted by Gasteiger charge is -2.34. The van der Waals surface area contributed by atoms with Crippen molar-refractivity contribution < 1.29 is 14.4 Å². The molecule has 0 amide bonds. The van der Waals surface area contributed by atoms with Gasteiger partial charge >= 0.3 is 5.97 Å². The van der Waals surface area contributed by atoms with Crippen molar-refractivity contribution in [3.8, 4) is 0 Å². The van der Waals surface area contributed by atoms with Crippen LogP contribution in [-0.2, 0) is 14.4 Å². The van der Waals surface area contributed by atoms with Gasteiger partial charge in [0.25, 0.3) is 0 Å². The fourth-order valence-electron chi connectivity index (χ4n) is 3.10. The molecular weight excluding hydrogens is 346 g/mol. The molecule has 0 heterocycles. The molecule has 0 bridgehead atoms. The number of thioether (sulfide) groups is 1. The van der Waals surface area contributed by atoms with Gasteiger partial charge in [0.15, 0.2) is 5.71 Å². The summed E-state index contributed by atoms with van der Waals surface area (Å²) < 4.78 is 4.75. The molecule has 5 heteroatoms. The number of ether oxygens (including phenoxy) is 1. The molecule has 4 nitrogen and oxygen atoms in total. The summed E-state index contributed by atoms with van der Waals surface area (Å²) >= 11 is 1.79. The maximum absolute atomic E-state index is 12.3. The van der Waals surface area contributed by atoms with Crippen molar-refractivity contribution in [2.24, 2.45) is 5.16 Å². The molecule has 140 valence electrons. The van der Waals surface area contributed by atoms with E-state index in [9.17, 15) is 4.79 Å². The van der Waals surface area contributed by atoms with Crippen molar-refractivity contribution >= 4 is 23.4 Å². The Balaban J connectivity index is 2.53. The number of rotatable bonds is 6. The molecule has 0 saturated heterocycles. The predicted molar refractivity (Wildman–Crippen MR) is 107 cm³/mol. The highest BCUT2D eigenvalue weighted by Gasteiger charge is 2.34. The Labute approximate surface area is 160 Å². The van der Waals surface area contributed by atoms with E-state index in [2.05, 4.69) is 45.0 Å². The number of hydrogen-bond acceptors (Lipinski definition) is 5. The summed E-state index contributed by atoms with van der Waals surface area (Å²) in [5.74, 6) is -0.466. The van der Waals surface area contributed by atoms with Crippen LogP contribution in [0.15, 0.2) is 62.7 Å². The smallest absolute Gasteiger partial charge is 0.360 e. The average Bonchev–Trinajstić information content (AvgIpc) is 2.61. The van der Waals surface area contributed by atoms with Crippen LogP contribution in [0, 0.1) is 0 Å². The van der Waals surface area contributed by atoms with Gasteiger partial charge in [-0.2, -0.15) is 0 Å². The second-order valence-electron chi connectivity index (χ2n) is 6.91. The quantitative estimate of drug-likeness (QED) is 0.227. The first-order chi connectivity index (χ1) is 12.3. The summed E-state index contributed by atoms with van der Waals surface area (Å²) in [6.07, 6.45) is 1.49. The molecular formula is C21H27NO3S. The van der Waals surface area contributed by atoms with Crippen LogP contribution in [0.25, 0.3) is 0 Å². The minimum atomic E-state index is -0.466. The lowest BCUT2D eigenvalue weighted by Crippen LogP contribution is -2.29. The highest BCUT2D eigenvalue weighted by atomic mass is 32.2. The van der Waals surface area contributed by atoms with E-state index in [0.717, 1.165) is 12.0 Å². The van der Waals surface area contributed by atoms with Crippen molar-refractivity contribution in [3.63, 3.8) is 0 Å². The summed E-state index contributed by atoms with van der Waals surface area (Å²) in [7, 11) is 2.82. The topological polar surface area (TPSA) is 47.9 Å². The maximum atomic E-state index is 12.3. The van der Waals surface area contributed by atoms with Gasteiger partial charge in [-0.25, -0.2) is 4.79 Å². The number of carbonyl (C=O) groups excluding carboxylic acids is 1. The molecule has 1 aromatic carbocycles. The summed E-state index contributed by atoms with van der Waals surface area (Å²) in [6, 6.07) is 10.3. The molecule has 0 unspecified atom stereocenters. The molecule has 2 rings (SSSR count). The molecule has 0 atom stereocenters. The van der Waals surface area contributed by atoms with Crippen molar-refractivity contribution in [2.45, 2.75) is 50.2 Å². The predicted octanol–water partition coefficient (Wildman–Crippen LogP) is 5.16.